The first kappa shape index (κ1) is 13.8. The summed E-state index contributed by atoms with van der Waals surface area (Å²) in [5, 5.41) is 0. The lowest BCUT2D eigenvalue weighted by atomic mass is 9.74. The van der Waals surface area contributed by atoms with Crippen molar-refractivity contribution in [1.29, 1.82) is 0 Å². The molecule has 5 rings (SSSR count). The highest BCUT2D eigenvalue weighted by Crippen LogP contribution is 2.55. The van der Waals surface area contributed by atoms with Gasteiger partial charge in [-0.2, -0.15) is 0 Å². The van der Waals surface area contributed by atoms with Crippen LogP contribution in [0.5, 0.6) is 0 Å². The Balaban J connectivity index is 1.82. The van der Waals surface area contributed by atoms with Crippen molar-refractivity contribution < 1.29 is 0 Å². The maximum Gasteiger partial charge on any atom is 0.0211 e. The van der Waals surface area contributed by atoms with Gasteiger partial charge in [0.15, 0.2) is 0 Å². The van der Waals surface area contributed by atoms with Gasteiger partial charge in [-0.15, -0.1) is 0 Å². The van der Waals surface area contributed by atoms with E-state index in [0.29, 0.717) is 11.8 Å². The highest BCUT2D eigenvalue weighted by atomic mass is 14.4. The summed E-state index contributed by atoms with van der Waals surface area (Å²) in [6, 6.07) is 22.5. The third kappa shape index (κ3) is 1.80. The minimum atomic E-state index is 0.419. The SMILES string of the molecule is Cc1ccc2c(c1)C1c3c-2ccc(C)c3C=CC1c1ccccc1. The molecule has 0 radical (unpaired) electrons. The van der Waals surface area contributed by atoms with Gasteiger partial charge in [0.1, 0.15) is 0 Å². The Morgan fingerprint density at radius 1 is 0.792 bits per heavy atom. The molecule has 0 saturated heterocycles. The van der Waals surface area contributed by atoms with Crippen molar-refractivity contribution in [2.24, 2.45) is 0 Å². The van der Waals surface area contributed by atoms with Crippen LogP contribution in [-0.2, 0) is 0 Å². The summed E-state index contributed by atoms with van der Waals surface area (Å²) in [5.41, 5.74) is 11.5. The van der Waals surface area contributed by atoms with Crippen LogP contribution in [0.25, 0.3) is 17.2 Å². The highest BCUT2D eigenvalue weighted by Gasteiger charge is 2.37. The summed E-state index contributed by atoms with van der Waals surface area (Å²) in [6.45, 7) is 4.43. The normalized spacial score (nSPS) is 19.9. The molecular weight excluding hydrogens is 288 g/mol. The summed E-state index contributed by atoms with van der Waals surface area (Å²) >= 11 is 0. The van der Waals surface area contributed by atoms with E-state index in [2.05, 4.69) is 86.7 Å². The summed E-state index contributed by atoms with van der Waals surface area (Å²) in [7, 11) is 0. The first-order chi connectivity index (χ1) is 11.7. The molecule has 0 saturated carbocycles. The van der Waals surface area contributed by atoms with Crippen LogP contribution in [-0.4, -0.2) is 0 Å². The van der Waals surface area contributed by atoms with Crippen molar-refractivity contribution in [2.75, 3.05) is 0 Å². The molecule has 0 aromatic heterocycles. The Kier molecular flexibility index (Phi) is 2.84. The summed E-state index contributed by atoms with van der Waals surface area (Å²) in [6.07, 6.45) is 4.76. The lowest BCUT2D eigenvalue weighted by Gasteiger charge is -2.29. The fourth-order valence-corrected chi connectivity index (χ4v) is 4.54. The molecular formula is C24H20. The number of aryl methyl sites for hydroxylation is 2. The standard InChI is InChI=1S/C24H20/c1-15-8-10-20-21-11-9-16(2)18-12-13-19(17-6-4-3-5-7-17)24(23(18)21)22(20)14-15/h3-14,19,24H,1-2H3. The van der Waals surface area contributed by atoms with Gasteiger partial charge in [0, 0.05) is 11.8 Å². The largest absolute Gasteiger partial charge is 0.0754 e. The fourth-order valence-electron chi connectivity index (χ4n) is 4.54. The van der Waals surface area contributed by atoms with E-state index in [1.54, 1.807) is 0 Å². The number of hydrogen-bond acceptors (Lipinski definition) is 0. The monoisotopic (exact) mass is 308 g/mol. The first-order valence-corrected chi connectivity index (χ1v) is 8.71. The second-order valence-electron chi connectivity index (χ2n) is 7.12. The molecule has 2 atom stereocenters. The topological polar surface area (TPSA) is 0 Å². The van der Waals surface area contributed by atoms with Crippen LogP contribution in [0, 0.1) is 13.8 Å². The van der Waals surface area contributed by atoms with E-state index in [-0.39, 0.29) is 0 Å². The first-order valence-electron chi connectivity index (χ1n) is 8.71. The Morgan fingerprint density at radius 3 is 2.42 bits per heavy atom. The molecule has 0 bridgehead atoms. The number of benzene rings is 3. The summed E-state index contributed by atoms with van der Waals surface area (Å²) < 4.78 is 0. The Morgan fingerprint density at radius 2 is 1.58 bits per heavy atom. The zero-order valence-corrected chi connectivity index (χ0v) is 14.1. The number of allylic oxidation sites excluding steroid dienone is 1. The van der Waals surface area contributed by atoms with Gasteiger partial charge in [-0.3, -0.25) is 0 Å². The Hall–Kier alpha value is -2.60. The van der Waals surface area contributed by atoms with Crippen LogP contribution in [0.4, 0.5) is 0 Å². The summed E-state index contributed by atoms with van der Waals surface area (Å²) in [5.74, 6) is 0.861. The molecule has 3 aromatic carbocycles. The fraction of sp³-hybridized carbons (Fsp3) is 0.167. The minimum absolute atomic E-state index is 0.419. The van der Waals surface area contributed by atoms with Gasteiger partial charge < -0.3 is 0 Å². The predicted molar refractivity (Wildman–Crippen MR) is 101 cm³/mol. The van der Waals surface area contributed by atoms with Gasteiger partial charge in [-0.1, -0.05) is 78.4 Å². The molecule has 2 aliphatic carbocycles. The van der Waals surface area contributed by atoms with Crippen LogP contribution in [0.2, 0.25) is 0 Å². The second-order valence-corrected chi connectivity index (χ2v) is 7.12. The van der Waals surface area contributed by atoms with Crippen LogP contribution in [0.3, 0.4) is 0 Å². The van der Waals surface area contributed by atoms with Crippen LogP contribution in [0.15, 0.2) is 66.7 Å². The highest BCUT2D eigenvalue weighted by molar-refractivity contribution is 5.86. The molecule has 0 amide bonds. The Bertz CT molecular complexity index is 976. The molecule has 2 aliphatic rings. The molecule has 3 aromatic rings. The minimum Gasteiger partial charge on any atom is -0.0754 e. The molecule has 0 nitrogen and oxygen atoms in total. The van der Waals surface area contributed by atoms with Crippen LogP contribution in [0.1, 0.15) is 45.2 Å². The van der Waals surface area contributed by atoms with Crippen LogP contribution < -0.4 is 0 Å². The molecule has 24 heavy (non-hydrogen) atoms. The quantitative estimate of drug-likeness (QED) is 0.500. The van der Waals surface area contributed by atoms with E-state index in [0.717, 1.165) is 0 Å². The molecule has 0 heteroatoms. The van der Waals surface area contributed by atoms with E-state index in [4.69, 9.17) is 0 Å². The molecule has 2 unspecified atom stereocenters. The van der Waals surface area contributed by atoms with Gasteiger partial charge in [0.05, 0.1) is 0 Å². The third-order valence-corrected chi connectivity index (χ3v) is 5.66. The van der Waals surface area contributed by atoms with E-state index in [9.17, 15) is 0 Å². The number of hydrogen-bond donors (Lipinski definition) is 0. The third-order valence-electron chi connectivity index (χ3n) is 5.66. The molecule has 116 valence electrons. The average Bonchev–Trinajstić information content (AvgIpc) is 2.94. The number of rotatable bonds is 1. The molecule has 0 spiro atoms. The smallest absolute Gasteiger partial charge is 0.0211 e. The van der Waals surface area contributed by atoms with Crippen molar-refractivity contribution in [3.05, 3.63) is 100 Å². The van der Waals surface area contributed by atoms with Crippen molar-refractivity contribution in [1.82, 2.24) is 0 Å². The van der Waals surface area contributed by atoms with Gasteiger partial charge >= 0.3 is 0 Å². The number of fused-ring (bicyclic) bond motifs is 3. The zero-order valence-electron chi connectivity index (χ0n) is 14.1. The summed E-state index contributed by atoms with van der Waals surface area (Å²) in [4.78, 5) is 0. The van der Waals surface area contributed by atoms with Gasteiger partial charge in [0.2, 0.25) is 0 Å². The lowest BCUT2D eigenvalue weighted by Crippen LogP contribution is -2.13. The Labute approximate surface area is 143 Å². The van der Waals surface area contributed by atoms with E-state index < -0.39 is 0 Å². The van der Waals surface area contributed by atoms with Gasteiger partial charge in [-0.25, -0.2) is 0 Å². The second kappa shape index (κ2) is 4.95. The predicted octanol–water partition coefficient (Wildman–Crippen LogP) is 6.23. The molecule has 0 aliphatic heterocycles. The molecule has 0 heterocycles. The maximum atomic E-state index is 2.41. The molecule has 0 fully saturated rings. The lowest BCUT2D eigenvalue weighted by molar-refractivity contribution is 0.722. The zero-order chi connectivity index (χ0) is 16.3. The van der Waals surface area contributed by atoms with Crippen molar-refractivity contribution in [3.63, 3.8) is 0 Å². The molecule has 0 N–H and O–H groups in total. The van der Waals surface area contributed by atoms with Crippen molar-refractivity contribution in [3.8, 4) is 11.1 Å². The van der Waals surface area contributed by atoms with Crippen LogP contribution >= 0.6 is 0 Å². The van der Waals surface area contributed by atoms with Crippen molar-refractivity contribution >= 4 is 6.08 Å². The van der Waals surface area contributed by atoms with E-state index >= 15 is 0 Å². The van der Waals surface area contributed by atoms with Gasteiger partial charge in [-0.05, 0) is 52.8 Å². The van der Waals surface area contributed by atoms with Crippen molar-refractivity contribution in [2.45, 2.75) is 25.7 Å². The van der Waals surface area contributed by atoms with Gasteiger partial charge in [0.25, 0.3) is 0 Å². The average molecular weight is 308 g/mol. The van der Waals surface area contributed by atoms with E-state index in [1.165, 1.54) is 44.5 Å². The maximum absolute atomic E-state index is 2.41. The van der Waals surface area contributed by atoms with E-state index in [1.807, 2.05) is 0 Å².